The summed E-state index contributed by atoms with van der Waals surface area (Å²) in [6, 6.07) is 11.9. The lowest BCUT2D eigenvalue weighted by Gasteiger charge is -2.22. The zero-order valence-electron chi connectivity index (χ0n) is 17.5. The number of nitrogens with zero attached hydrogens (tertiary/aromatic N) is 3. The molecular weight excluding hydrogens is 474 g/mol. The summed E-state index contributed by atoms with van der Waals surface area (Å²) in [4.78, 5) is 22.6. The molecule has 1 heterocycles. The van der Waals surface area contributed by atoms with E-state index >= 15 is 0 Å². The molecule has 0 saturated carbocycles. The average Bonchev–Trinajstić information content (AvgIpc) is 3.16. The molecule has 0 aliphatic rings. The lowest BCUT2D eigenvalue weighted by molar-refractivity contribution is -0.118. The largest absolute Gasteiger partial charge is 0.308 e. The maximum atomic E-state index is 13.1. The fraction of sp³-hybridized carbons (Fsp3) is 0.333. The third-order valence-electron chi connectivity index (χ3n) is 4.65. The van der Waals surface area contributed by atoms with Gasteiger partial charge in [-0.2, -0.15) is 0 Å². The minimum absolute atomic E-state index is 0.121. The van der Waals surface area contributed by atoms with Crippen molar-refractivity contribution < 1.29 is 13.2 Å². The summed E-state index contributed by atoms with van der Waals surface area (Å²) in [7, 11) is 0.266. The van der Waals surface area contributed by atoms with Crippen LogP contribution in [0, 0.1) is 0 Å². The number of likely N-dealkylation sites (N-methyl/N-ethyl adjacent to an activating group) is 1. The lowest BCUT2D eigenvalue weighted by atomic mass is 10.3. The number of amides is 1. The van der Waals surface area contributed by atoms with E-state index in [2.05, 4.69) is 0 Å². The number of fused-ring (bicyclic) bond motifs is 1. The molecule has 0 aliphatic heterocycles. The van der Waals surface area contributed by atoms with Crippen molar-refractivity contribution in [2.75, 3.05) is 44.1 Å². The highest BCUT2D eigenvalue weighted by atomic mass is 35.5. The summed E-state index contributed by atoms with van der Waals surface area (Å²) in [6.45, 7) is 1.07. The first-order valence-corrected chi connectivity index (χ1v) is 13.7. The molecule has 2 aromatic carbocycles. The van der Waals surface area contributed by atoms with Crippen molar-refractivity contribution in [1.82, 2.24) is 9.88 Å². The predicted molar refractivity (Wildman–Crippen MR) is 130 cm³/mol. The molecule has 6 nitrogen and oxygen atoms in total. The van der Waals surface area contributed by atoms with E-state index in [9.17, 15) is 13.2 Å². The van der Waals surface area contributed by atoms with Crippen LogP contribution in [-0.2, 0) is 14.6 Å². The molecule has 166 valence electrons. The van der Waals surface area contributed by atoms with Crippen LogP contribution in [-0.4, -0.2) is 63.4 Å². The number of benzene rings is 2. The van der Waals surface area contributed by atoms with Gasteiger partial charge in [-0.15, -0.1) is 11.8 Å². The summed E-state index contributed by atoms with van der Waals surface area (Å²) in [6.07, 6.45) is 1.87. The topological polar surface area (TPSA) is 70.6 Å². The highest BCUT2D eigenvalue weighted by Gasteiger charge is 2.23. The van der Waals surface area contributed by atoms with Gasteiger partial charge in [-0.25, -0.2) is 13.4 Å². The van der Waals surface area contributed by atoms with E-state index in [0.29, 0.717) is 23.2 Å². The van der Waals surface area contributed by atoms with Crippen LogP contribution in [0.2, 0.25) is 5.02 Å². The highest BCUT2D eigenvalue weighted by molar-refractivity contribution is 7.98. The molecule has 31 heavy (non-hydrogen) atoms. The van der Waals surface area contributed by atoms with E-state index in [1.807, 2.05) is 43.5 Å². The minimum Gasteiger partial charge on any atom is -0.308 e. The molecule has 0 aliphatic carbocycles. The van der Waals surface area contributed by atoms with Gasteiger partial charge < -0.3 is 4.90 Å². The summed E-state index contributed by atoms with van der Waals surface area (Å²) in [5.41, 5.74) is 0.867. The van der Waals surface area contributed by atoms with Gasteiger partial charge in [0.25, 0.3) is 0 Å². The highest BCUT2D eigenvalue weighted by Crippen LogP contribution is 2.34. The van der Waals surface area contributed by atoms with Gasteiger partial charge in [-0.3, -0.25) is 9.69 Å². The van der Waals surface area contributed by atoms with Crippen LogP contribution in [0.15, 0.2) is 52.3 Å². The molecule has 3 rings (SSSR count). The molecule has 1 amide bonds. The van der Waals surface area contributed by atoms with Crippen LogP contribution in [0.3, 0.4) is 0 Å². The first-order valence-electron chi connectivity index (χ1n) is 9.58. The Balaban J connectivity index is 1.83. The smallest absolute Gasteiger partial charge is 0.229 e. The standard InChI is InChI=1S/C21H24ClN3O3S3/c1-24(2)12-13-25(21-23-20-17(29-3)5-4-6-18(20)30-21)19(26)11-14-31(27,28)16-9-7-15(22)8-10-16/h4-10H,11-14H2,1-3H3. The van der Waals surface area contributed by atoms with Gasteiger partial charge >= 0.3 is 0 Å². The molecule has 1 aromatic heterocycles. The Morgan fingerprint density at radius 1 is 1.13 bits per heavy atom. The molecule has 0 fully saturated rings. The maximum Gasteiger partial charge on any atom is 0.229 e. The van der Waals surface area contributed by atoms with Gasteiger partial charge in [0, 0.05) is 29.4 Å². The van der Waals surface area contributed by atoms with Gasteiger partial charge in [0.05, 0.1) is 20.9 Å². The molecule has 10 heteroatoms. The fourth-order valence-electron chi connectivity index (χ4n) is 2.94. The number of aromatic nitrogens is 1. The third kappa shape index (κ3) is 5.98. The SMILES string of the molecule is CSc1cccc2sc(N(CCN(C)C)C(=O)CCS(=O)(=O)c3ccc(Cl)cc3)nc12. The molecule has 0 radical (unpaired) electrons. The van der Waals surface area contributed by atoms with Crippen molar-refractivity contribution in [2.45, 2.75) is 16.2 Å². The molecular formula is C21H24ClN3O3S3. The second-order valence-electron chi connectivity index (χ2n) is 7.17. The molecule has 0 bridgehead atoms. The van der Waals surface area contributed by atoms with Gasteiger partial charge in [-0.1, -0.05) is 29.0 Å². The molecule has 0 unspecified atom stereocenters. The molecule has 0 atom stereocenters. The number of halogens is 1. The monoisotopic (exact) mass is 497 g/mol. The van der Waals surface area contributed by atoms with Crippen molar-refractivity contribution in [3.63, 3.8) is 0 Å². The number of anilines is 1. The normalized spacial score (nSPS) is 11.9. The fourth-order valence-corrected chi connectivity index (χ4v) is 5.95. The second-order valence-corrected chi connectivity index (χ2v) is 11.6. The summed E-state index contributed by atoms with van der Waals surface area (Å²) in [5, 5.41) is 1.05. The van der Waals surface area contributed by atoms with Crippen LogP contribution in [0.4, 0.5) is 5.13 Å². The van der Waals surface area contributed by atoms with Gasteiger partial charge in [0.15, 0.2) is 15.0 Å². The van der Waals surface area contributed by atoms with Crippen LogP contribution >= 0.6 is 34.7 Å². The average molecular weight is 498 g/mol. The number of thiazole rings is 1. The van der Waals surface area contributed by atoms with Crippen LogP contribution in [0.5, 0.6) is 0 Å². The zero-order valence-corrected chi connectivity index (χ0v) is 20.7. The van der Waals surface area contributed by atoms with Crippen LogP contribution in [0.1, 0.15) is 6.42 Å². The Morgan fingerprint density at radius 3 is 2.48 bits per heavy atom. The first-order chi connectivity index (χ1) is 14.7. The first kappa shape index (κ1) is 24.0. The third-order valence-corrected chi connectivity index (χ3v) is 8.45. The molecule has 3 aromatic rings. The molecule has 0 N–H and O–H groups in total. The van der Waals surface area contributed by atoms with E-state index in [-0.39, 0.29) is 23.0 Å². The van der Waals surface area contributed by atoms with Crippen LogP contribution < -0.4 is 4.90 Å². The lowest BCUT2D eigenvalue weighted by Crippen LogP contribution is -2.37. The summed E-state index contributed by atoms with van der Waals surface area (Å²) in [5.74, 6) is -0.531. The van der Waals surface area contributed by atoms with Gasteiger partial charge in [0.2, 0.25) is 5.91 Å². The van der Waals surface area contributed by atoms with Gasteiger partial charge in [-0.05, 0) is 56.7 Å². The van der Waals surface area contributed by atoms with E-state index in [1.54, 1.807) is 16.7 Å². The zero-order chi connectivity index (χ0) is 22.6. The quantitative estimate of drug-likeness (QED) is 0.407. The van der Waals surface area contributed by atoms with Crippen molar-refractivity contribution in [3.05, 3.63) is 47.5 Å². The van der Waals surface area contributed by atoms with Crippen molar-refractivity contribution in [3.8, 4) is 0 Å². The Bertz CT molecular complexity index is 1160. The van der Waals surface area contributed by atoms with E-state index in [1.165, 1.54) is 35.6 Å². The Hall–Kier alpha value is -1.65. The number of sulfone groups is 1. The number of hydrogen-bond acceptors (Lipinski definition) is 7. The number of hydrogen-bond donors (Lipinski definition) is 0. The molecule has 0 spiro atoms. The van der Waals surface area contributed by atoms with Crippen LogP contribution in [0.25, 0.3) is 10.2 Å². The number of para-hydroxylation sites is 1. The predicted octanol–water partition coefficient (Wildman–Crippen LogP) is 4.43. The van der Waals surface area contributed by atoms with Crippen molar-refractivity contribution >= 4 is 65.8 Å². The Kier molecular flexibility index (Phi) is 7.98. The molecule has 0 saturated heterocycles. The number of carbonyl (C=O) groups excluding carboxylic acids is 1. The number of thioether (sulfide) groups is 1. The van der Waals surface area contributed by atoms with E-state index in [0.717, 1.165) is 15.1 Å². The Labute approximate surface area is 196 Å². The number of rotatable bonds is 9. The van der Waals surface area contributed by atoms with Gasteiger partial charge in [0.1, 0.15) is 0 Å². The second kappa shape index (κ2) is 10.3. The minimum atomic E-state index is -3.59. The van der Waals surface area contributed by atoms with Crippen molar-refractivity contribution in [2.24, 2.45) is 0 Å². The van der Waals surface area contributed by atoms with E-state index < -0.39 is 9.84 Å². The van der Waals surface area contributed by atoms with Crippen molar-refractivity contribution in [1.29, 1.82) is 0 Å². The summed E-state index contributed by atoms with van der Waals surface area (Å²) < 4.78 is 26.3. The van der Waals surface area contributed by atoms with E-state index in [4.69, 9.17) is 16.6 Å². The summed E-state index contributed by atoms with van der Waals surface area (Å²) >= 11 is 8.90. The number of carbonyl (C=O) groups is 1. The maximum absolute atomic E-state index is 13.1. The Morgan fingerprint density at radius 2 is 1.84 bits per heavy atom.